The molecule has 4 aromatic rings. The van der Waals surface area contributed by atoms with Crippen LogP contribution in [0.4, 0.5) is 0 Å². The normalized spacial score (nSPS) is 14.6. The van der Waals surface area contributed by atoms with E-state index in [1.807, 2.05) is 67.6 Å². The van der Waals surface area contributed by atoms with Gasteiger partial charge < -0.3 is 9.47 Å². The lowest BCUT2D eigenvalue weighted by molar-refractivity contribution is -0.122. The number of rotatable bonds is 7. The van der Waals surface area contributed by atoms with E-state index in [9.17, 15) is 4.79 Å². The van der Waals surface area contributed by atoms with E-state index < -0.39 is 0 Å². The summed E-state index contributed by atoms with van der Waals surface area (Å²) in [6.07, 6.45) is 1.85. The molecule has 0 radical (unpaired) electrons. The van der Waals surface area contributed by atoms with Crippen LogP contribution in [0.3, 0.4) is 0 Å². The lowest BCUT2D eigenvalue weighted by Gasteiger charge is -2.14. The van der Waals surface area contributed by atoms with Gasteiger partial charge in [-0.25, -0.2) is 0 Å². The van der Waals surface area contributed by atoms with Crippen molar-refractivity contribution in [2.75, 3.05) is 7.11 Å². The Kier molecular flexibility index (Phi) is 7.07. The van der Waals surface area contributed by atoms with Crippen LogP contribution < -0.4 is 9.47 Å². The van der Waals surface area contributed by atoms with Crippen molar-refractivity contribution in [3.8, 4) is 11.5 Å². The van der Waals surface area contributed by atoms with Crippen LogP contribution in [0.25, 0.3) is 16.8 Å². The number of benzene rings is 4. The first-order valence-corrected chi connectivity index (χ1v) is 12.8. The molecule has 0 unspecified atom stereocenters. The maximum absolute atomic E-state index is 13.1. The van der Waals surface area contributed by atoms with Gasteiger partial charge in [-0.1, -0.05) is 96.3 Å². The van der Waals surface area contributed by atoms with Crippen LogP contribution in [0.5, 0.6) is 11.5 Å². The first kappa shape index (κ1) is 24.1. The molecule has 0 spiro atoms. The summed E-state index contributed by atoms with van der Waals surface area (Å²) in [5, 5.41) is 2.38. The maximum atomic E-state index is 13.1. The number of thioether (sulfide) groups is 1. The molecule has 0 saturated carbocycles. The minimum Gasteiger partial charge on any atom is -0.493 e. The largest absolute Gasteiger partial charge is 0.493 e. The van der Waals surface area contributed by atoms with E-state index in [0.717, 1.165) is 16.7 Å². The molecule has 1 amide bonds. The van der Waals surface area contributed by atoms with Crippen molar-refractivity contribution in [2.24, 2.45) is 0 Å². The van der Waals surface area contributed by atoms with Crippen LogP contribution in [-0.4, -0.2) is 22.2 Å². The fourth-order valence-electron chi connectivity index (χ4n) is 4.05. The Morgan fingerprint density at radius 2 is 1.64 bits per heavy atom. The zero-order valence-corrected chi connectivity index (χ0v) is 21.7. The molecule has 6 heteroatoms. The summed E-state index contributed by atoms with van der Waals surface area (Å²) in [5.74, 6) is 1.18. The molecule has 36 heavy (non-hydrogen) atoms. The Hall–Kier alpha value is -3.61. The smallest absolute Gasteiger partial charge is 0.266 e. The highest BCUT2D eigenvalue weighted by molar-refractivity contribution is 8.26. The Balaban J connectivity index is 1.29. The second kappa shape index (κ2) is 10.6. The Morgan fingerprint density at radius 3 is 2.42 bits per heavy atom. The Labute approximate surface area is 220 Å². The molecule has 0 N–H and O–H groups in total. The number of fused-ring (bicyclic) bond motifs is 1. The number of hydrogen-bond acceptors (Lipinski definition) is 5. The molecule has 4 aromatic carbocycles. The fourth-order valence-corrected chi connectivity index (χ4v) is 5.30. The van der Waals surface area contributed by atoms with Gasteiger partial charge in [0.15, 0.2) is 11.5 Å². The SMILES string of the molecule is COc1cc(/C=C2\SC(=S)N(Cc3ccc(C)cc3)C2=O)ccc1OCc1ccc2ccccc2c1. The van der Waals surface area contributed by atoms with E-state index in [-0.39, 0.29) is 5.91 Å². The molecular formula is C30H25NO3S2. The maximum Gasteiger partial charge on any atom is 0.266 e. The van der Waals surface area contributed by atoms with Crippen molar-refractivity contribution in [1.29, 1.82) is 0 Å². The average Bonchev–Trinajstić information content (AvgIpc) is 3.16. The molecular weight excluding hydrogens is 486 g/mol. The molecule has 1 aliphatic rings. The van der Waals surface area contributed by atoms with Gasteiger partial charge in [0.2, 0.25) is 0 Å². The van der Waals surface area contributed by atoms with Crippen LogP contribution in [0.15, 0.2) is 89.8 Å². The zero-order valence-electron chi connectivity index (χ0n) is 20.1. The lowest BCUT2D eigenvalue weighted by Crippen LogP contribution is -2.27. The lowest BCUT2D eigenvalue weighted by atomic mass is 10.1. The summed E-state index contributed by atoms with van der Waals surface area (Å²) in [6.45, 7) is 2.94. The van der Waals surface area contributed by atoms with E-state index in [4.69, 9.17) is 21.7 Å². The van der Waals surface area contributed by atoms with Crippen molar-refractivity contribution in [3.63, 3.8) is 0 Å². The van der Waals surface area contributed by atoms with Crippen LogP contribution in [-0.2, 0) is 17.9 Å². The van der Waals surface area contributed by atoms with E-state index in [1.54, 1.807) is 12.0 Å². The number of nitrogens with zero attached hydrogens (tertiary/aromatic N) is 1. The molecule has 4 nitrogen and oxygen atoms in total. The van der Waals surface area contributed by atoms with Crippen LogP contribution in [0.1, 0.15) is 22.3 Å². The molecule has 0 atom stereocenters. The summed E-state index contributed by atoms with van der Waals surface area (Å²) < 4.78 is 12.2. The first-order valence-electron chi connectivity index (χ1n) is 11.6. The Bertz CT molecular complexity index is 1480. The number of amides is 1. The van der Waals surface area contributed by atoms with Gasteiger partial charge >= 0.3 is 0 Å². The van der Waals surface area contributed by atoms with Gasteiger partial charge in [0.05, 0.1) is 18.6 Å². The number of hydrogen-bond donors (Lipinski definition) is 0. The molecule has 5 rings (SSSR count). The number of carbonyl (C=O) groups excluding carboxylic acids is 1. The summed E-state index contributed by atoms with van der Waals surface area (Å²) in [6, 6.07) is 28.4. The summed E-state index contributed by atoms with van der Waals surface area (Å²) >= 11 is 6.82. The van der Waals surface area contributed by atoms with E-state index >= 15 is 0 Å². The first-order chi connectivity index (χ1) is 17.5. The third-order valence-corrected chi connectivity index (χ3v) is 7.41. The highest BCUT2D eigenvalue weighted by Crippen LogP contribution is 2.35. The van der Waals surface area contributed by atoms with Crippen molar-refractivity contribution < 1.29 is 14.3 Å². The number of carbonyl (C=O) groups is 1. The van der Waals surface area contributed by atoms with E-state index in [2.05, 4.69) is 30.3 Å². The molecule has 1 saturated heterocycles. The van der Waals surface area contributed by atoms with Gasteiger partial charge in [-0.2, -0.15) is 0 Å². The van der Waals surface area contributed by atoms with Crippen LogP contribution in [0.2, 0.25) is 0 Å². The number of ether oxygens (including phenoxy) is 2. The monoisotopic (exact) mass is 511 g/mol. The number of thiocarbonyl (C=S) groups is 1. The van der Waals surface area contributed by atoms with E-state index in [1.165, 1.54) is 28.1 Å². The molecule has 0 aromatic heterocycles. The quantitative estimate of drug-likeness (QED) is 0.195. The van der Waals surface area contributed by atoms with Gasteiger partial charge in [0.1, 0.15) is 10.9 Å². The van der Waals surface area contributed by atoms with Gasteiger partial charge in [-0.15, -0.1) is 0 Å². The second-order valence-electron chi connectivity index (χ2n) is 8.63. The van der Waals surface area contributed by atoms with Crippen LogP contribution in [0, 0.1) is 6.92 Å². The number of aryl methyl sites for hydroxylation is 1. The van der Waals surface area contributed by atoms with Gasteiger partial charge in [-0.05, 0) is 58.7 Å². The summed E-state index contributed by atoms with van der Waals surface area (Å²) in [5.41, 5.74) is 4.16. The highest BCUT2D eigenvalue weighted by atomic mass is 32.2. The standard InChI is InChI=1S/C30H25NO3S2/c1-20-7-9-21(10-8-20)18-31-29(32)28(36-30(31)35)17-22-12-14-26(27(16-22)33-2)34-19-23-11-13-24-5-3-4-6-25(24)15-23/h3-17H,18-19H2,1-2H3/b28-17-. The third-order valence-electron chi connectivity index (χ3n) is 6.03. The summed E-state index contributed by atoms with van der Waals surface area (Å²) in [7, 11) is 1.61. The number of methoxy groups -OCH3 is 1. The van der Waals surface area contributed by atoms with Crippen molar-refractivity contribution >= 4 is 51.1 Å². The van der Waals surface area contributed by atoms with Crippen molar-refractivity contribution in [1.82, 2.24) is 4.90 Å². The minimum absolute atomic E-state index is 0.0822. The van der Waals surface area contributed by atoms with Gasteiger partial charge in [0, 0.05) is 0 Å². The van der Waals surface area contributed by atoms with Crippen LogP contribution >= 0.6 is 24.0 Å². The molecule has 1 aliphatic heterocycles. The molecule has 0 aliphatic carbocycles. The molecule has 1 fully saturated rings. The highest BCUT2D eigenvalue weighted by Gasteiger charge is 2.32. The molecule has 180 valence electrons. The zero-order chi connectivity index (χ0) is 25.1. The van der Waals surface area contributed by atoms with Crippen molar-refractivity contribution in [3.05, 3.63) is 112 Å². The van der Waals surface area contributed by atoms with E-state index in [0.29, 0.717) is 33.9 Å². The van der Waals surface area contributed by atoms with Gasteiger partial charge in [0.25, 0.3) is 5.91 Å². The summed E-state index contributed by atoms with van der Waals surface area (Å²) in [4.78, 5) is 15.3. The minimum atomic E-state index is -0.0822. The fraction of sp³-hybridized carbons (Fsp3) is 0.133. The average molecular weight is 512 g/mol. The third kappa shape index (κ3) is 5.30. The molecule has 0 bridgehead atoms. The van der Waals surface area contributed by atoms with Gasteiger partial charge in [-0.3, -0.25) is 9.69 Å². The predicted octanol–water partition coefficient (Wildman–Crippen LogP) is 7.14. The Morgan fingerprint density at radius 1 is 0.889 bits per heavy atom. The second-order valence-corrected chi connectivity index (χ2v) is 10.3. The molecule has 1 heterocycles. The topological polar surface area (TPSA) is 38.8 Å². The van der Waals surface area contributed by atoms with Crippen molar-refractivity contribution in [2.45, 2.75) is 20.1 Å². The predicted molar refractivity (Wildman–Crippen MR) is 151 cm³/mol.